The summed E-state index contributed by atoms with van der Waals surface area (Å²) in [6, 6.07) is 0. The van der Waals surface area contributed by atoms with Gasteiger partial charge in [0.15, 0.2) is 0 Å². The van der Waals surface area contributed by atoms with Crippen molar-refractivity contribution in [3.05, 3.63) is 11.8 Å². The van der Waals surface area contributed by atoms with E-state index in [1.807, 2.05) is 0 Å². The van der Waals surface area contributed by atoms with Crippen LogP contribution in [0.2, 0.25) is 0 Å². The van der Waals surface area contributed by atoms with Crippen LogP contribution in [0, 0.1) is 28.6 Å². The Morgan fingerprint density at radius 2 is 2.00 bits per heavy atom. The summed E-state index contributed by atoms with van der Waals surface area (Å²) in [6.45, 7) is 4.26. The molecule has 0 radical (unpaired) electrons. The third kappa shape index (κ3) is 1.67. The summed E-state index contributed by atoms with van der Waals surface area (Å²) in [7, 11) is 0. The summed E-state index contributed by atoms with van der Waals surface area (Å²) in [4.78, 5) is 24.1. The summed E-state index contributed by atoms with van der Waals surface area (Å²) >= 11 is 0. The molecule has 1 saturated heterocycles. The minimum Gasteiger partial charge on any atom is -0.393 e. The third-order valence-electron chi connectivity index (χ3n) is 7.25. The lowest BCUT2D eigenvalue weighted by Crippen LogP contribution is -2.58. The largest absolute Gasteiger partial charge is 0.393 e. The van der Waals surface area contributed by atoms with Crippen molar-refractivity contribution in [1.29, 1.82) is 0 Å². The molecule has 6 atom stereocenters. The van der Waals surface area contributed by atoms with Crippen molar-refractivity contribution in [2.45, 2.75) is 58.5 Å². The van der Waals surface area contributed by atoms with Gasteiger partial charge in [0.1, 0.15) is 5.78 Å². The van der Waals surface area contributed by atoms with E-state index in [0.717, 1.165) is 25.0 Å². The van der Waals surface area contributed by atoms with Crippen LogP contribution in [0.4, 0.5) is 0 Å². The zero-order chi connectivity index (χ0) is 15.7. The Morgan fingerprint density at radius 1 is 1.23 bits per heavy atom. The van der Waals surface area contributed by atoms with Crippen molar-refractivity contribution in [3.8, 4) is 0 Å². The Labute approximate surface area is 131 Å². The van der Waals surface area contributed by atoms with Crippen LogP contribution in [-0.2, 0) is 9.59 Å². The van der Waals surface area contributed by atoms with Gasteiger partial charge in [-0.05, 0) is 43.4 Å². The fourth-order valence-electron chi connectivity index (χ4n) is 6.10. The molecule has 2 N–H and O–H groups in total. The second-order valence-electron chi connectivity index (χ2n) is 8.27. The molecule has 2 saturated carbocycles. The molecule has 6 unspecified atom stereocenters. The first-order chi connectivity index (χ1) is 10.4. The van der Waals surface area contributed by atoms with Crippen LogP contribution in [0.1, 0.15) is 52.4 Å². The van der Waals surface area contributed by atoms with Gasteiger partial charge in [-0.3, -0.25) is 9.59 Å². The van der Waals surface area contributed by atoms with E-state index >= 15 is 0 Å². The van der Waals surface area contributed by atoms with Crippen LogP contribution in [0.5, 0.6) is 0 Å². The molecule has 3 fully saturated rings. The summed E-state index contributed by atoms with van der Waals surface area (Å²) in [5, 5.41) is 13.9. The average Bonchev–Trinajstić information content (AvgIpc) is 2.75. The number of hydrogen-bond acceptors (Lipinski definition) is 3. The predicted molar refractivity (Wildman–Crippen MR) is 81.6 cm³/mol. The van der Waals surface area contributed by atoms with Crippen LogP contribution < -0.4 is 5.32 Å². The number of hydrogen-bond donors (Lipinski definition) is 2. The van der Waals surface area contributed by atoms with Crippen molar-refractivity contribution in [3.63, 3.8) is 0 Å². The molecule has 0 aromatic heterocycles. The first-order valence-electron chi connectivity index (χ1n) is 8.58. The zero-order valence-electron chi connectivity index (χ0n) is 13.4. The summed E-state index contributed by atoms with van der Waals surface area (Å²) in [5.74, 6) is 1.35. The molecule has 0 bridgehead atoms. The molecule has 0 aromatic rings. The minimum atomic E-state index is -0.447. The Balaban J connectivity index is 1.76. The lowest BCUT2D eigenvalue weighted by Gasteiger charge is -2.57. The Morgan fingerprint density at radius 3 is 2.77 bits per heavy atom. The number of Topliss-reactive ketones (excluding diaryl/α,β-unsaturated/α-hetero) is 1. The van der Waals surface area contributed by atoms with Crippen LogP contribution in [-0.4, -0.2) is 22.9 Å². The fourth-order valence-corrected chi connectivity index (χ4v) is 6.10. The predicted octanol–water partition coefficient (Wildman–Crippen LogP) is 2.17. The van der Waals surface area contributed by atoms with Gasteiger partial charge >= 0.3 is 0 Å². The van der Waals surface area contributed by atoms with E-state index in [4.69, 9.17) is 0 Å². The number of amides is 1. The maximum atomic E-state index is 12.4. The van der Waals surface area contributed by atoms with Gasteiger partial charge in [0, 0.05) is 29.4 Å². The number of piperidine rings is 1. The van der Waals surface area contributed by atoms with Crippen LogP contribution in [0.25, 0.3) is 0 Å². The number of allylic oxidation sites excluding steroid dienone is 2. The van der Waals surface area contributed by atoms with Crippen molar-refractivity contribution in [2.75, 3.05) is 0 Å². The van der Waals surface area contributed by atoms with Gasteiger partial charge in [0.25, 0.3) is 0 Å². The molecule has 1 amide bonds. The topological polar surface area (TPSA) is 66.4 Å². The Kier molecular flexibility index (Phi) is 2.91. The third-order valence-corrected chi connectivity index (χ3v) is 7.25. The van der Waals surface area contributed by atoms with E-state index in [1.165, 1.54) is 0 Å². The molecule has 0 aromatic carbocycles. The smallest absolute Gasteiger partial charge is 0.224 e. The first kappa shape index (κ1) is 14.4. The van der Waals surface area contributed by atoms with Crippen LogP contribution in [0.15, 0.2) is 11.8 Å². The maximum absolute atomic E-state index is 12.4. The quantitative estimate of drug-likeness (QED) is 0.721. The average molecular weight is 303 g/mol. The molecule has 1 aliphatic heterocycles. The number of aliphatic hydroxyl groups is 1. The van der Waals surface area contributed by atoms with E-state index in [1.54, 1.807) is 0 Å². The van der Waals surface area contributed by atoms with Crippen molar-refractivity contribution in [1.82, 2.24) is 5.32 Å². The number of aliphatic hydroxyl groups excluding tert-OH is 1. The molecule has 4 rings (SSSR count). The molecule has 0 spiro atoms. The van der Waals surface area contributed by atoms with Gasteiger partial charge in [-0.15, -0.1) is 0 Å². The fraction of sp³-hybridized carbons (Fsp3) is 0.778. The van der Waals surface area contributed by atoms with Gasteiger partial charge in [0.2, 0.25) is 5.91 Å². The monoisotopic (exact) mass is 303 g/mol. The summed E-state index contributed by atoms with van der Waals surface area (Å²) in [5.41, 5.74) is 0.528. The Bertz CT molecular complexity index is 583. The van der Waals surface area contributed by atoms with E-state index in [0.29, 0.717) is 36.9 Å². The number of carbonyl (C=O) groups is 2. The highest BCUT2D eigenvalue weighted by Gasteiger charge is 2.61. The molecular formula is C18H25NO3. The van der Waals surface area contributed by atoms with Crippen LogP contribution >= 0.6 is 0 Å². The molecule has 4 nitrogen and oxygen atoms in total. The normalized spacial score (nSPS) is 50.6. The molecule has 120 valence electrons. The van der Waals surface area contributed by atoms with Crippen molar-refractivity contribution in [2.24, 2.45) is 28.6 Å². The van der Waals surface area contributed by atoms with E-state index in [2.05, 4.69) is 25.2 Å². The van der Waals surface area contributed by atoms with E-state index < -0.39 is 6.10 Å². The molecule has 4 heteroatoms. The van der Waals surface area contributed by atoms with Crippen molar-refractivity contribution >= 4 is 11.7 Å². The molecule has 4 aliphatic rings. The van der Waals surface area contributed by atoms with Gasteiger partial charge < -0.3 is 10.4 Å². The van der Waals surface area contributed by atoms with Gasteiger partial charge in [-0.1, -0.05) is 19.9 Å². The lowest BCUT2D eigenvalue weighted by atomic mass is 9.49. The number of fused-ring (bicyclic) bond motifs is 5. The SMILES string of the molecule is CC12CC(O)C3C(CC=C4NC(=O)CCC43C)C1CCC2=O. The summed E-state index contributed by atoms with van der Waals surface area (Å²) in [6.07, 6.45) is 6.16. The number of nitrogens with one attached hydrogen (secondary N) is 1. The number of ketones is 1. The zero-order valence-corrected chi connectivity index (χ0v) is 13.4. The highest BCUT2D eigenvalue weighted by molar-refractivity contribution is 5.87. The lowest BCUT2D eigenvalue weighted by molar-refractivity contribution is -0.146. The molecule has 3 aliphatic carbocycles. The highest BCUT2D eigenvalue weighted by Crippen LogP contribution is 2.62. The second-order valence-corrected chi connectivity index (χ2v) is 8.27. The van der Waals surface area contributed by atoms with Crippen LogP contribution in [0.3, 0.4) is 0 Å². The van der Waals surface area contributed by atoms with Gasteiger partial charge in [-0.2, -0.15) is 0 Å². The molecular weight excluding hydrogens is 278 g/mol. The highest BCUT2D eigenvalue weighted by atomic mass is 16.3. The van der Waals surface area contributed by atoms with Gasteiger partial charge in [-0.25, -0.2) is 0 Å². The molecule has 1 heterocycles. The number of carbonyl (C=O) groups excluding carboxylic acids is 2. The second kappa shape index (κ2) is 4.44. The van der Waals surface area contributed by atoms with Crippen molar-refractivity contribution < 1.29 is 14.7 Å². The van der Waals surface area contributed by atoms with Gasteiger partial charge in [0.05, 0.1) is 6.10 Å². The standard InChI is InChI=1S/C18H25NO3/c1-17-8-7-15(22)19-13(17)5-3-10-11-4-6-14(21)18(11,2)9-12(20)16(10)17/h5,10-12,16,20H,3-4,6-9H2,1-2H3,(H,19,22). The first-order valence-corrected chi connectivity index (χ1v) is 8.58. The number of rotatable bonds is 0. The summed E-state index contributed by atoms with van der Waals surface area (Å²) < 4.78 is 0. The van der Waals surface area contributed by atoms with E-state index in [9.17, 15) is 14.7 Å². The Hall–Kier alpha value is -1.16. The molecule has 22 heavy (non-hydrogen) atoms. The van der Waals surface area contributed by atoms with E-state index in [-0.39, 0.29) is 22.7 Å². The maximum Gasteiger partial charge on any atom is 0.224 e. The minimum absolute atomic E-state index is 0.0911.